The summed E-state index contributed by atoms with van der Waals surface area (Å²) in [6.07, 6.45) is 2.57. The number of halogens is 2. The van der Waals surface area contributed by atoms with Crippen molar-refractivity contribution in [1.82, 2.24) is 9.38 Å². The first kappa shape index (κ1) is 11.6. The summed E-state index contributed by atoms with van der Waals surface area (Å²) in [5, 5.41) is 1.08. The highest BCUT2D eigenvalue weighted by Gasteiger charge is 2.13. The van der Waals surface area contributed by atoms with Crippen molar-refractivity contribution in [2.75, 3.05) is 5.73 Å². The molecule has 0 saturated heterocycles. The van der Waals surface area contributed by atoms with Crippen LogP contribution in [0.25, 0.3) is 5.65 Å². The Balaban J connectivity index is 2.63. The van der Waals surface area contributed by atoms with Crippen LogP contribution in [0.3, 0.4) is 0 Å². The number of pyridine rings is 1. The fraction of sp³-hybridized carbons (Fsp3) is 0.364. The van der Waals surface area contributed by atoms with Gasteiger partial charge in [0.25, 0.3) is 0 Å². The molecule has 0 aliphatic heterocycles. The lowest BCUT2D eigenvalue weighted by molar-refractivity contribution is 0.639. The standard InChI is InChI=1S/C11H13Cl2N3/c1-6(2)3-9-10(14)16-5-7(12)4-8(13)11(16)15-9/h4-6H,3,14H2,1-2H3. The summed E-state index contributed by atoms with van der Waals surface area (Å²) in [5.41, 5.74) is 7.55. The molecule has 0 atom stereocenters. The van der Waals surface area contributed by atoms with E-state index >= 15 is 0 Å². The van der Waals surface area contributed by atoms with Crippen LogP contribution in [-0.2, 0) is 6.42 Å². The summed E-state index contributed by atoms with van der Waals surface area (Å²) in [6.45, 7) is 4.25. The molecule has 2 heterocycles. The Morgan fingerprint density at radius 2 is 2.12 bits per heavy atom. The van der Waals surface area contributed by atoms with Crippen LogP contribution in [-0.4, -0.2) is 9.38 Å². The smallest absolute Gasteiger partial charge is 0.157 e. The number of nitrogens with zero attached hydrogens (tertiary/aromatic N) is 2. The number of anilines is 1. The summed E-state index contributed by atoms with van der Waals surface area (Å²) in [7, 11) is 0. The second-order valence-electron chi connectivity index (χ2n) is 4.24. The van der Waals surface area contributed by atoms with E-state index in [1.165, 1.54) is 0 Å². The van der Waals surface area contributed by atoms with Crippen LogP contribution in [0.2, 0.25) is 10.0 Å². The van der Waals surface area contributed by atoms with Crippen LogP contribution in [0, 0.1) is 5.92 Å². The van der Waals surface area contributed by atoms with E-state index in [1.807, 2.05) is 0 Å². The largest absolute Gasteiger partial charge is 0.383 e. The van der Waals surface area contributed by atoms with Crippen molar-refractivity contribution >= 4 is 34.7 Å². The van der Waals surface area contributed by atoms with Crippen molar-refractivity contribution in [1.29, 1.82) is 0 Å². The Morgan fingerprint density at radius 3 is 2.75 bits per heavy atom. The molecule has 2 N–H and O–H groups in total. The normalized spacial score (nSPS) is 11.6. The van der Waals surface area contributed by atoms with Gasteiger partial charge in [0.15, 0.2) is 5.65 Å². The molecule has 0 saturated carbocycles. The minimum absolute atomic E-state index is 0.501. The number of fused-ring (bicyclic) bond motifs is 1. The van der Waals surface area contributed by atoms with Gasteiger partial charge in [-0.1, -0.05) is 37.0 Å². The lowest BCUT2D eigenvalue weighted by atomic mass is 10.1. The summed E-state index contributed by atoms with van der Waals surface area (Å²) < 4.78 is 1.74. The molecule has 3 nitrogen and oxygen atoms in total. The van der Waals surface area contributed by atoms with E-state index in [0.717, 1.165) is 12.1 Å². The molecule has 0 aromatic carbocycles. The van der Waals surface area contributed by atoms with Crippen LogP contribution in [0.5, 0.6) is 0 Å². The van der Waals surface area contributed by atoms with Crippen LogP contribution < -0.4 is 5.73 Å². The quantitative estimate of drug-likeness (QED) is 0.896. The molecular formula is C11H13Cl2N3. The molecular weight excluding hydrogens is 245 g/mol. The summed E-state index contributed by atoms with van der Waals surface area (Å²) >= 11 is 12.0. The molecule has 5 heteroatoms. The lowest BCUT2D eigenvalue weighted by Gasteiger charge is -2.02. The fourth-order valence-corrected chi connectivity index (χ4v) is 2.19. The third kappa shape index (κ3) is 1.97. The van der Waals surface area contributed by atoms with Gasteiger partial charge in [-0.3, -0.25) is 4.40 Å². The first-order valence-corrected chi connectivity index (χ1v) is 5.86. The maximum absolute atomic E-state index is 6.06. The molecule has 2 aromatic heterocycles. The molecule has 0 radical (unpaired) electrons. The fourth-order valence-electron chi connectivity index (χ4n) is 1.67. The number of imidazole rings is 1. The zero-order chi connectivity index (χ0) is 11.9. The van der Waals surface area contributed by atoms with Gasteiger partial charge in [0.2, 0.25) is 0 Å². The third-order valence-electron chi connectivity index (χ3n) is 2.36. The van der Waals surface area contributed by atoms with Gasteiger partial charge < -0.3 is 5.73 Å². The molecule has 0 amide bonds. The molecule has 0 spiro atoms. The highest BCUT2D eigenvalue weighted by atomic mass is 35.5. The number of hydrogen-bond donors (Lipinski definition) is 1. The van der Waals surface area contributed by atoms with Crippen LogP contribution >= 0.6 is 23.2 Å². The molecule has 86 valence electrons. The van der Waals surface area contributed by atoms with E-state index in [1.54, 1.807) is 16.7 Å². The third-order valence-corrected chi connectivity index (χ3v) is 2.84. The van der Waals surface area contributed by atoms with E-state index in [9.17, 15) is 0 Å². The first-order chi connectivity index (χ1) is 7.49. The SMILES string of the molecule is CC(C)Cc1nc2c(Cl)cc(Cl)cn2c1N. The van der Waals surface area contributed by atoms with Crippen molar-refractivity contribution in [3.63, 3.8) is 0 Å². The Hall–Kier alpha value is -0.930. The van der Waals surface area contributed by atoms with Gasteiger partial charge in [-0.05, 0) is 18.4 Å². The van der Waals surface area contributed by atoms with E-state index in [0.29, 0.717) is 27.4 Å². The Kier molecular flexibility index (Phi) is 3.00. The van der Waals surface area contributed by atoms with Gasteiger partial charge in [-0.2, -0.15) is 0 Å². The van der Waals surface area contributed by atoms with Crippen molar-refractivity contribution in [3.8, 4) is 0 Å². The number of aromatic nitrogens is 2. The van der Waals surface area contributed by atoms with E-state index in [2.05, 4.69) is 18.8 Å². The average molecular weight is 258 g/mol. The summed E-state index contributed by atoms with van der Waals surface area (Å²) in [6, 6.07) is 1.67. The number of nitrogen functional groups attached to an aromatic ring is 1. The zero-order valence-corrected chi connectivity index (χ0v) is 10.7. The summed E-state index contributed by atoms with van der Waals surface area (Å²) in [4.78, 5) is 4.44. The van der Waals surface area contributed by atoms with Crippen molar-refractivity contribution < 1.29 is 0 Å². The van der Waals surface area contributed by atoms with Crippen molar-refractivity contribution in [2.24, 2.45) is 5.92 Å². The minimum Gasteiger partial charge on any atom is -0.383 e. The Labute approximate surface area is 104 Å². The lowest BCUT2D eigenvalue weighted by Crippen LogP contribution is -2.00. The molecule has 2 rings (SSSR count). The molecule has 0 unspecified atom stereocenters. The van der Waals surface area contributed by atoms with Gasteiger partial charge in [-0.15, -0.1) is 0 Å². The molecule has 0 aliphatic carbocycles. The first-order valence-electron chi connectivity index (χ1n) is 5.10. The Morgan fingerprint density at radius 1 is 1.44 bits per heavy atom. The summed E-state index contributed by atoms with van der Waals surface area (Å²) in [5.74, 6) is 1.12. The molecule has 0 bridgehead atoms. The molecule has 0 fully saturated rings. The molecule has 0 aliphatic rings. The van der Waals surface area contributed by atoms with E-state index < -0.39 is 0 Å². The van der Waals surface area contributed by atoms with Crippen LogP contribution in [0.4, 0.5) is 5.82 Å². The zero-order valence-electron chi connectivity index (χ0n) is 9.17. The minimum atomic E-state index is 0.501. The second kappa shape index (κ2) is 4.15. The molecule has 16 heavy (non-hydrogen) atoms. The van der Waals surface area contributed by atoms with Gasteiger partial charge in [0, 0.05) is 6.20 Å². The van der Waals surface area contributed by atoms with E-state index in [-0.39, 0.29) is 0 Å². The maximum atomic E-state index is 6.06. The highest BCUT2D eigenvalue weighted by molar-refractivity contribution is 6.36. The second-order valence-corrected chi connectivity index (χ2v) is 5.09. The number of rotatable bonds is 2. The predicted molar refractivity (Wildman–Crippen MR) is 68.2 cm³/mol. The predicted octanol–water partition coefficient (Wildman–Crippen LogP) is 3.42. The topological polar surface area (TPSA) is 43.3 Å². The Bertz CT molecular complexity index is 531. The van der Waals surface area contributed by atoms with Crippen molar-refractivity contribution in [2.45, 2.75) is 20.3 Å². The van der Waals surface area contributed by atoms with Gasteiger partial charge in [-0.25, -0.2) is 4.98 Å². The van der Waals surface area contributed by atoms with Crippen LogP contribution in [0.15, 0.2) is 12.3 Å². The monoisotopic (exact) mass is 257 g/mol. The van der Waals surface area contributed by atoms with E-state index in [4.69, 9.17) is 28.9 Å². The van der Waals surface area contributed by atoms with Gasteiger partial charge in [0.1, 0.15) is 5.82 Å². The maximum Gasteiger partial charge on any atom is 0.157 e. The molecule has 2 aromatic rings. The number of hydrogen-bond acceptors (Lipinski definition) is 2. The number of nitrogens with two attached hydrogens (primary N) is 1. The van der Waals surface area contributed by atoms with Crippen LogP contribution in [0.1, 0.15) is 19.5 Å². The highest BCUT2D eigenvalue weighted by Crippen LogP contribution is 2.26. The van der Waals surface area contributed by atoms with Gasteiger partial charge in [0.05, 0.1) is 15.7 Å². The van der Waals surface area contributed by atoms with Crippen molar-refractivity contribution in [3.05, 3.63) is 28.0 Å². The van der Waals surface area contributed by atoms with Gasteiger partial charge >= 0.3 is 0 Å². The average Bonchev–Trinajstić information content (AvgIpc) is 2.45.